The molecule has 0 radical (unpaired) electrons. The first-order valence-corrected chi connectivity index (χ1v) is 7.14. The highest BCUT2D eigenvalue weighted by atomic mass is 16.4. The number of anilines is 1. The molecule has 1 aliphatic heterocycles. The average molecular weight is 290 g/mol. The summed E-state index contributed by atoms with van der Waals surface area (Å²) in [5.41, 5.74) is 2.87. The van der Waals surface area contributed by atoms with Gasteiger partial charge in [-0.1, -0.05) is 26.8 Å². The Hall–Kier alpha value is -2.04. The molecule has 0 spiro atoms. The van der Waals surface area contributed by atoms with Crippen LogP contribution < -0.4 is 5.32 Å². The summed E-state index contributed by atoms with van der Waals surface area (Å²) in [5, 5.41) is 11.9. The number of benzene rings is 1. The van der Waals surface area contributed by atoms with Gasteiger partial charge in [0.1, 0.15) is 0 Å². The van der Waals surface area contributed by atoms with Crippen LogP contribution in [0.2, 0.25) is 0 Å². The molecule has 0 saturated carbocycles. The van der Waals surface area contributed by atoms with E-state index in [-0.39, 0.29) is 11.3 Å². The SMILES string of the molecule is CC(C)(C)CC(=O)Nc1ccc2c(c1)CCN(C(=O)O)C2. The molecule has 0 saturated heterocycles. The smallest absolute Gasteiger partial charge is 0.407 e. The number of amides is 2. The molecule has 2 N–H and O–H groups in total. The van der Waals surface area contributed by atoms with Crippen molar-refractivity contribution < 1.29 is 14.7 Å². The standard InChI is InChI=1S/C16H22N2O3/c1-16(2,3)9-14(19)17-13-5-4-12-10-18(15(20)21)7-6-11(12)8-13/h4-5,8H,6-7,9-10H2,1-3H3,(H,17,19)(H,20,21). The predicted molar refractivity (Wildman–Crippen MR) is 81.3 cm³/mol. The van der Waals surface area contributed by atoms with Crippen molar-refractivity contribution >= 4 is 17.7 Å². The maximum absolute atomic E-state index is 11.9. The third kappa shape index (κ3) is 4.21. The van der Waals surface area contributed by atoms with Gasteiger partial charge in [0, 0.05) is 25.2 Å². The van der Waals surface area contributed by atoms with Crippen LogP contribution in [0.25, 0.3) is 0 Å². The second-order valence-electron chi connectivity index (χ2n) is 6.72. The summed E-state index contributed by atoms with van der Waals surface area (Å²) < 4.78 is 0. The second kappa shape index (κ2) is 5.76. The Kier molecular flexibility index (Phi) is 4.21. The van der Waals surface area contributed by atoms with Crippen LogP contribution >= 0.6 is 0 Å². The Labute approximate surface area is 125 Å². The van der Waals surface area contributed by atoms with Gasteiger partial charge < -0.3 is 15.3 Å². The first-order chi connectivity index (χ1) is 9.74. The Balaban J connectivity index is 2.05. The Morgan fingerprint density at radius 2 is 2.00 bits per heavy atom. The molecular formula is C16H22N2O3. The molecule has 21 heavy (non-hydrogen) atoms. The van der Waals surface area contributed by atoms with Gasteiger partial charge in [-0.2, -0.15) is 0 Å². The molecule has 114 valence electrons. The zero-order valence-electron chi connectivity index (χ0n) is 12.8. The van der Waals surface area contributed by atoms with Crippen LogP contribution in [-0.4, -0.2) is 28.6 Å². The molecule has 5 nitrogen and oxygen atoms in total. The van der Waals surface area contributed by atoms with Crippen LogP contribution in [0, 0.1) is 5.41 Å². The third-order valence-corrected chi connectivity index (χ3v) is 3.46. The van der Waals surface area contributed by atoms with E-state index in [1.54, 1.807) is 0 Å². The number of hydrogen-bond acceptors (Lipinski definition) is 2. The van der Waals surface area contributed by atoms with E-state index in [0.717, 1.165) is 16.8 Å². The van der Waals surface area contributed by atoms with E-state index >= 15 is 0 Å². The Bertz CT molecular complexity index is 561. The van der Waals surface area contributed by atoms with Crippen LogP contribution in [0.5, 0.6) is 0 Å². The fraction of sp³-hybridized carbons (Fsp3) is 0.500. The molecule has 0 atom stereocenters. The summed E-state index contributed by atoms with van der Waals surface area (Å²) in [4.78, 5) is 24.3. The average Bonchev–Trinajstić information content (AvgIpc) is 2.35. The molecule has 1 aromatic carbocycles. The fourth-order valence-corrected chi connectivity index (χ4v) is 2.48. The molecular weight excluding hydrogens is 268 g/mol. The predicted octanol–water partition coefficient (Wildman–Crippen LogP) is 3.10. The van der Waals surface area contributed by atoms with Crippen molar-refractivity contribution in [3.63, 3.8) is 0 Å². The van der Waals surface area contributed by atoms with E-state index in [2.05, 4.69) is 5.32 Å². The van der Waals surface area contributed by atoms with Crippen LogP contribution in [0.15, 0.2) is 18.2 Å². The number of carbonyl (C=O) groups excluding carboxylic acids is 1. The van der Waals surface area contributed by atoms with E-state index in [1.807, 2.05) is 39.0 Å². The molecule has 1 heterocycles. The third-order valence-electron chi connectivity index (χ3n) is 3.46. The Morgan fingerprint density at radius 1 is 1.29 bits per heavy atom. The minimum Gasteiger partial charge on any atom is -0.465 e. The molecule has 1 aromatic rings. The number of nitrogens with zero attached hydrogens (tertiary/aromatic N) is 1. The van der Waals surface area contributed by atoms with Crippen molar-refractivity contribution in [2.45, 2.75) is 40.2 Å². The van der Waals surface area contributed by atoms with Crippen molar-refractivity contribution in [1.29, 1.82) is 0 Å². The maximum Gasteiger partial charge on any atom is 0.407 e. The second-order valence-corrected chi connectivity index (χ2v) is 6.72. The summed E-state index contributed by atoms with van der Waals surface area (Å²) in [5.74, 6) is 0.00502. The van der Waals surface area contributed by atoms with Gasteiger partial charge in [-0.3, -0.25) is 4.79 Å². The van der Waals surface area contributed by atoms with Gasteiger partial charge in [-0.25, -0.2) is 4.79 Å². The van der Waals surface area contributed by atoms with E-state index in [9.17, 15) is 9.59 Å². The summed E-state index contributed by atoms with van der Waals surface area (Å²) in [7, 11) is 0. The summed E-state index contributed by atoms with van der Waals surface area (Å²) in [6.07, 6.45) is 0.268. The monoisotopic (exact) mass is 290 g/mol. The number of carbonyl (C=O) groups is 2. The molecule has 0 aliphatic carbocycles. The lowest BCUT2D eigenvalue weighted by molar-refractivity contribution is -0.117. The largest absolute Gasteiger partial charge is 0.465 e. The zero-order valence-corrected chi connectivity index (χ0v) is 12.8. The van der Waals surface area contributed by atoms with Gasteiger partial charge in [-0.15, -0.1) is 0 Å². The summed E-state index contributed by atoms with van der Waals surface area (Å²) in [6.45, 7) is 7.00. The van der Waals surface area contributed by atoms with Gasteiger partial charge in [0.25, 0.3) is 0 Å². The molecule has 0 bridgehead atoms. The lowest BCUT2D eigenvalue weighted by Gasteiger charge is -2.26. The molecule has 5 heteroatoms. The minimum atomic E-state index is -0.886. The number of rotatable bonds is 2. The van der Waals surface area contributed by atoms with E-state index in [4.69, 9.17) is 5.11 Å². The minimum absolute atomic E-state index is 0.00502. The molecule has 0 unspecified atom stereocenters. The van der Waals surface area contributed by atoms with Crippen molar-refractivity contribution in [3.05, 3.63) is 29.3 Å². The Morgan fingerprint density at radius 3 is 2.62 bits per heavy atom. The van der Waals surface area contributed by atoms with Crippen molar-refractivity contribution in [3.8, 4) is 0 Å². The van der Waals surface area contributed by atoms with Crippen LogP contribution in [-0.2, 0) is 17.8 Å². The summed E-state index contributed by atoms with van der Waals surface area (Å²) >= 11 is 0. The van der Waals surface area contributed by atoms with Gasteiger partial charge in [0.15, 0.2) is 0 Å². The van der Waals surface area contributed by atoms with Crippen molar-refractivity contribution in [2.24, 2.45) is 5.41 Å². The summed E-state index contributed by atoms with van der Waals surface area (Å²) in [6, 6.07) is 5.69. The number of fused-ring (bicyclic) bond motifs is 1. The van der Waals surface area contributed by atoms with Crippen LogP contribution in [0.1, 0.15) is 38.3 Å². The number of nitrogens with one attached hydrogen (secondary N) is 1. The number of hydrogen-bond donors (Lipinski definition) is 2. The fourth-order valence-electron chi connectivity index (χ4n) is 2.48. The quantitative estimate of drug-likeness (QED) is 0.879. The highest BCUT2D eigenvalue weighted by Crippen LogP contribution is 2.24. The first kappa shape index (κ1) is 15.4. The van der Waals surface area contributed by atoms with Gasteiger partial charge in [-0.05, 0) is 35.1 Å². The molecule has 2 amide bonds. The first-order valence-electron chi connectivity index (χ1n) is 7.14. The number of carboxylic acid groups (broad SMARTS) is 1. The maximum atomic E-state index is 11.9. The highest BCUT2D eigenvalue weighted by Gasteiger charge is 2.21. The van der Waals surface area contributed by atoms with Gasteiger partial charge in [0.2, 0.25) is 5.91 Å². The van der Waals surface area contributed by atoms with Gasteiger partial charge in [0.05, 0.1) is 0 Å². The molecule has 0 aromatic heterocycles. The van der Waals surface area contributed by atoms with Crippen molar-refractivity contribution in [1.82, 2.24) is 4.90 Å². The lowest BCUT2D eigenvalue weighted by atomic mass is 9.92. The molecule has 1 aliphatic rings. The van der Waals surface area contributed by atoms with Gasteiger partial charge >= 0.3 is 6.09 Å². The van der Waals surface area contributed by atoms with E-state index in [1.165, 1.54) is 4.90 Å². The lowest BCUT2D eigenvalue weighted by Crippen LogP contribution is -2.34. The molecule has 2 rings (SSSR count). The van der Waals surface area contributed by atoms with Crippen molar-refractivity contribution in [2.75, 3.05) is 11.9 Å². The van der Waals surface area contributed by atoms with Crippen LogP contribution in [0.4, 0.5) is 10.5 Å². The van der Waals surface area contributed by atoms with Crippen LogP contribution in [0.3, 0.4) is 0 Å². The zero-order chi connectivity index (χ0) is 15.6. The van der Waals surface area contributed by atoms with E-state index < -0.39 is 6.09 Å². The topological polar surface area (TPSA) is 69.6 Å². The van der Waals surface area contributed by atoms with E-state index in [0.29, 0.717) is 25.9 Å². The molecule has 0 fully saturated rings. The normalized spacial score (nSPS) is 14.5. The highest BCUT2D eigenvalue weighted by molar-refractivity contribution is 5.91.